The number of hydrogen-bond donors (Lipinski definition) is 1. The molecule has 0 saturated carbocycles. The van der Waals surface area contributed by atoms with E-state index in [1.165, 1.54) is 7.05 Å². The first-order chi connectivity index (χ1) is 8.36. The van der Waals surface area contributed by atoms with Crippen molar-refractivity contribution in [3.8, 4) is 0 Å². The normalized spacial score (nSPS) is 12.7. The van der Waals surface area contributed by atoms with Crippen molar-refractivity contribution in [3.05, 3.63) is 0 Å². The van der Waals surface area contributed by atoms with Crippen LogP contribution in [0.15, 0.2) is 5.16 Å². The molecule has 1 amide bonds. The average Bonchev–Trinajstić information content (AvgIpc) is 2.27. The predicted octanol–water partition coefficient (Wildman–Crippen LogP) is 2.14. The molecular weight excluding hydrogens is 236 g/mol. The summed E-state index contributed by atoms with van der Waals surface area (Å²) in [5.74, 6) is 0. The van der Waals surface area contributed by atoms with E-state index in [9.17, 15) is 4.79 Å². The third-order valence-corrected chi connectivity index (χ3v) is 2.06. The van der Waals surface area contributed by atoms with Crippen LogP contribution in [0.2, 0.25) is 0 Å². The predicted molar refractivity (Wildman–Crippen MR) is 69.5 cm³/mol. The Kier molecular flexibility index (Phi) is 7.54. The number of hydrogen-bond acceptors (Lipinski definition) is 5. The largest absolute Gasteiger partial charge is 0.433 e. The lowest BCUT2D eigenvalue weighted by molar-refractivity contribution is -0.0952. The molecule has 0 aromatic heterocycles. The second kappa shape index (κ2) is 8.05. The fraction of sp³-hybridized carbons (Fsp3) is 0.833. The molecule has 0 aromatic rings. The van der Waals surface area contributed by atoms with Crippen LogP contribution in [-0.2, 0) is 14.3 Å². The lowest BCUT2D eigenvalue weighted by Crippen LogP contribution is -2.37. The van der Waals surface area contributed by atoms with Crippen LogP contribution >= 0.6 is 0 Å². The summed E-state index contributed by atoms with van der Waals surface area (Å²) in [7, 11) is 1.47. The van der Waals surface area contributed by atoms with Gasteiger partial charge >= 0.3 is 6.09 Å². The number of nitrogens with zero attached hydrogens (tertiary/aromatic N) is 1. The van der Waals surface area contributed by atoms with Gasteiger partial charge in [-0.15, -0.1) is 0 Å². The molecule has 0 atom stereocenters. The van der Waals surface area contributed by atoms with Gasteiger partial charge in [0.25, 0.3) is 0 Å². The summed E-state index contributed by atoms with van der Waals surface area (Å²) < 4.78 is 10.9. The van der Waals surface area contributed by atoms with Gasteiger partial charge in [0.1, 0.15) is 5.71 Å². The second-order valence-corrected chi connectivity index (χ2v) is 4.60. The van der Waals surface area contributed by atoms with E-state index < -0.39 is 12.4 Å². The number of amides is 1. The third kappa shape index (κ3) is 5.97. The number of oxime groups is 1. The molecule has 0 fully saturated rings. The molecule has 1 N–H and O–H groups in total. The summed E-state index contributed by atoms with van der Waals surface area (Å²) >= 11 is 0. The Labute approximate surface area is 109 Å². The molecule has 0 aliphatic carbocycles. The van der Waals surface area contributed by atoms with E-state index in [1.807, 2.05) is 34.6 Å². The van der Waals surface area contributed by atoms with Crippen molar-refractivity contribution in [1.82, 2.24) is 5.32 Å². The van der Waals surface area contributed by atoms with Crippen LogP contribution in [0.25, 0.3) is 0 Å². The van der Waals surface area contributed by atoms with E-state index in [-0.39, 0.29) is 5.41 Å². The zero-order valence-electron chi connectivity index (χ0n) is 12.1. The van der Waals surface area contributed by atoms with Gasteiger partial charge in [0, 0.05) is 25.7 Å². The summed E-state index contributed by atoms with van der Waals surface area (Å²) in [5, 5.41) is 6.18. The van der Waals surface area contributed by atoms with Gasteiger partial charge in [0.15, 0.2) is 0 Å². The molecular formula is C12H24N2O4. The molecule has 106 valence electrons. The minimum Gasteiger partial charge on any atom is -0.348 e. The maximum Gasteiger partial charge on any atom is 0.433 e. The number of ether oxygens (including phenoxy) is 2. The molecule has 0 aromatic carbocycles. The average molecular weight is 260 g/mol. The van der Waals surface area contributed by atoms with Gasteiger partial charge in [-0.3, -0.25) is 4.84 Å². The Bertz CT molecular complexity index is 278. The Morgan fingerprint density at radius 2 is 1.72 bits per heavy atom. The molecule has 0 rings (SSSR count). The second-order valence-electron chi connectivity index (χ2n) is 4.60. The fourth-order valence-corrected chi connectivity index (χ4v) is 1.18. The SMILES string of the molecule is CCOC(OCC)C(=NOC(=O)NC)C(C)(C)C. The molecule has 0 saturated heterocycles. The number of rotatable bonds is 6. The summed E-state index contributed by atoms with van der Waals surface area (Å²) in [6.45, 7) is 10.6. The highest BCUT2D eigenvalue weighted by Crippen LogP contribution is 2.21. The molecule has 0 heterocycles. The van der Waals surface area contributed by atoms with Gasteiger partial charge < -0.3 is 14.8 Å². The zero-order chi connectivity index (χ0) is 14.2. The molecule has 0 unspecified atom stereocenters. The lowest BCUT2D eigenvalue weighted by atomic mass is 9.89. The fourth-order valence-electron chi connectivity index (χ4n) is 1.18. The monoisotopic (exact) mass is 260 g/mol. The maximum atomic E-state index is 11.1. The van der Waals surface area contributed by atoms with Crippen molar-refractivity contribution >= 4 is 11.8 Å². The molecule has 0 spiro atoms. The highest BCUT2D eigenvalue weighted by atomic mass is 16.7. The molecule has 0 aliphatic rings. The third-order valence-electron chi connectivity index (χ3n) is 2.06. The van der Waals surface area contributed by atoms with Gasteiger partial charge in [0.05, 0.1) is 0 Å². The van der Waals surface area contributed by atoms with Crippen LogP contribution < -0.4 is 5.32 Å². The topological polar surface area (TPSA) is 69.1 Å². The highest BCUT2D eigenvalue weighted by molar-refractivity contribution is 5.92. The van der Waals surface area contributed by atoms with E-state index in [1.54, 1.807) is 0 Å². The molecule has 6 nitrogen and oxygen atoms in total. The molecule has 6 heteroatoms. The number of carbonyl (C=O) groups excluding carboxylic acids is 1. The van der Waals surface area contributed by atoms with Gasteiger partial charge in [-0.2, -0.15) is 0 Å². The van der Waals surface area contributed by atoms with Crippen LogP contribution in [0, 0.1) is 5.41 Å². The summed E-state index contributed by atoms with van der Waals surface area (Å²) in [4.78, 5) is 15.8. The minimum absolute atomic E-state index is 0.330. The van der Waals surface area contributed by atoms with E-state index in [4.69, 9.17) is 14.3 Å². The minimum atomic E-state index is -0.622. The van der Waals surface area contributed by atoms with Gasteiger partial charge in [0.2, 0.25) is 6.29 Å². The van der Waals surface area contributed by atoms with Crippen LogP contribution in [0.1, 0.15) is 34.6 Å². The van der Waals surface area contributed by atoms with Crippen molar-refractivity contribution in [3.63, 3.8) is 0 Å². The van der Waals surface area contributed by atoms with E-state index >= 15 is 0 Å². The zero-order valence-corrected chi connectivity index (χ0v) is 12.1. The first-order valence-corrected chi connectivity index (χ1v) is 6.07. The summed E-state index contributed by atoms with van der Waals surface area (Å²) in [5.41, 5.74) is 0.207. The van der Waals surface area contributed by atoms with Crippen LogP contribution in [0.4, 0.5) is 4.79 Å². The maximum absolute atomic E-state index is 11.1. The standard InChI is InChI=1S/C12H24N2O4/c1-7-16-10(17-8-2)9(12(3,4)5)14-18-11(15)13-6/h10H,7-8H2,1-6H3,(H,13,15). The lowest BCUT2D eigenvalue weighted by Gasteiger charge is -2.27. The smallest absolute Gasteiger partial charge is 0.348 e. The van der Waals surface area contributed by atoms with Gasteiger partial charge in [-0.25, -0.2) is 4.79 Å². The van der Waals surface area contributed by atoms with Crippen molar-refractivity contribution in [1.29, 1.82) is 0 Å². The van der Waals surface area contributed by atoms with Crippen molar-refractivity contribution in [2.45, 2.75) is 40.9 Å². The number of carbonyl (C=O) groups is 1. The molecule has 18 heavy (non-hydrogen) atoms. The van der Waals surface area contributed by atoms with Crippen molar-refractivity contribution in [2.75, 3.05) is 20.3 Å². The Morgan fingerprint density at radius 1 is 1.22 bits per heavy atom. The Hall–Kier alpha value is -1.14. The van der Waals surface area contributed by atoms with Gasteiger partial charge in [-0.05, 0) is 13.8 Å². The van der Waals surface area contributed by atoms with Crippen LogP contribution in [0.3, 0.4) is 0 Å². The highest BCUT2D eigenvalue weighted by Gasteiger charge is 2.30. The quantitative estimate of drug-likeness (QED) is 0.344. The van der Waals surface area contributed by atoms with Crippen LogP contribution in [-0.4, -0.2) is 38.4 Å². The van der Waals surface area contributed by atoms with E-state index in [0.29, 0.717) is 18.9 Å². The Balaban J connectivity index is 5.00. The molecule has 0 radical (unpaired) electrons. The first kappa shape index (κ1) is 16.9. The molecule has 0 aliphatic heterocycles. The Morgan fingerprint density at radius 3 is 2.06 bits per heavy atom. The summed E-state index contributed by atoms with van der Waals surface area (Å²) in [6.07, 6.45) is -1.23. The van der Waals surface area contributed by atoms with Crippen molar-refractivity contribution in [2.24, 2.45) is 10.6 Å². The van der Waals surface area contributed by atoms with E-state index in [2.05, 4.69) is 10.5 Å². The van der Waals surface area contributed by atoms with E-state index in [0.717, 1.165) is 0 Å². The van der Waals surface area contributed by atoms with Gasteiger partial charge in [-0.1, -0.05) is 25.9 Å². The first-order valence-electron chi connectivity index (χ1n) is 6.07. The summed E-state index contributed by atoms with van der Waals surface area (Å²) in [6, 6.07) is 0. The molecule has 0 bridgehead atoms. The number of nitrogens with one attached hydrogen (secondary N) is 1. The van der Waals surface area contributed by atoms with Crippen LogP contribution in [0.5, 0.6) is 0 Å². The van der Waals surface area contributed by atoms with Crippen molar-refractivity contribution < 1.29 is 19.1 Å².